The number of para-hydroxylation sites is 1. The fraction of sp³-hybridized carbons (Fsp3) is 0. The van der Waals surface area contributed by atoms with Crippen molar-refractivity contribution in [3.63, 3.8) is 0 Å². The lowest BCUT2D eigenvalue weighted by Crippen LogP contribution is -2.32. The van der Waals surface area contributed by atoms with Crippen molar-refractivity contribution in [3.8, 4) is 5.75 Å². The molecule has 1 rings (SSSR count). The van der Waals surface area contributed by atoms with Crippen LogP contribution in [0.3, 0.4) is 0 Å². The van der Waals surface area contributed by atoms with Crippen LogP contribution in [0, 0.1) is 0 Å². The predicted octanol–water partition coefficient (Wildman–Crippen LogP) is 0.814. The van der Waals surface area contributed by atoms with Gasteiger partial charge in [-0.1, -0.05) is 18.2 Å². The molecule has 0 aliphatic heterocycles. The molecular weight excluding hydrogens is 160 g/mol. The molecule has 0 fully saturated rings. The number of benzene rings is 1. The molecule has 0 spiro atoms. The molecule has 0 radical (unpaired) electrons. The normalized spacial score (nSPS) is 8.82. The Kier molecular flexibility index (Phi) is 2.83. The first-order valence-corrected chi connectivity index (χ1v) is 3.47. The molecule has 4 heteroatoms. The summed E-state index contributed by atoms with van der Waals surface area (Å²) in [6.45, 7) is 0. The first kappa shape index (κ1) is 7.97. The third kappa shape index (κ3) is 2.53. The van der Waals surface area contributed by atoms with Crippen molar-refractivity contribution in [2.75, 3.05) is 0 Å². The number of ether oxygens (including phenoxy) is 1. The van der Waals surface area contributed by atoms with Crippen LogP contribution in [0.1, 0.15) is 0 Å². The highest BCUT2D eigenvalue weighted by Gasteiger charge is 1.93. The summed E-state index contributed by atoms with van der Waals surface area (Å²) in [5.74, 6) is 5.68. The lowest BCUT2D eigenvalue weighted by molar-refractivity contribution is 0.535. The van der Waals surface area contributed by atoms with Crippen LogP contribution in [0.15, 0.2) is 30.3 Å². The molecule has 11 heavy (non-hydrogen) atoms. The Hall–Kier alpha value is -1.13. The smallest absolute Gasteiger partial charge is 0.276 e. The average molecular weight is 168 g/mol. The molecule has 58 valence electrons. The molecule has 0 amide bonds. The highest BCUT2D eigenvalue weighted by Crippen LogP contribution is 2.07. The quantitative estimate of drug-likeness (QED) is 0.370. The molecule has 1 aromatic carbocycles. The van der Waals surface area contributed by atoms with E-state index in [0.29, 0.717) is 5.75 Å². The molecule has 0 bridgehead atoms. The standard InChI is InChI=1S/C7H8N2OS/c8-9-7(11)10-6-4-2-1-3-5-6/h1-5H,8H2,(H,9,11). The van der Waals surface area contributed by atoms with Gasteiger partial charge in [0.15, 0.2) is 0 Å². The van der Waals surface area contributed by atoms with Gasteiger partial charge in [0.25, 0.3) is 5.17 Å². The van der Waals surface area contributed by atoms with Crippen molar-refractivity contribution in [1.29, 1.82) is 0 Å². The Balaban J connectivity index is 2.58. The maximum absolute atomic E-state index is 5.06. The lowest BCUT2D eigenvalue weighted by atomic mass is 10.3. The largest absolute Gasteiger partial charge is 0.431 e. The maximum atomic E-state index is 5.06. The third-order valence-electron chi connectivity index (χ3n) is 1.07. The van der Waals surface area contributed by atoms with E-state index in [1.807, 2.05) is 18.2 Å². The highest BCUT2D eigenvalue weighted by molar-refractivity contribution is 7.80. The van der Waals surface area contributed by atoms with Crippen molar-refractivity contribution in [3.05, 3.63) is 30.3 Å². The topological polar surface area (TPSA) is 47.3 Å². The summed E-state index contributed by atoms with van der Waals surface area (Å²) < 4.78 is 5.06. The van der Waals surface area contributed by atoms with Crippen LogP contribution in [0.25, 0.3) is 0 Å². The van der Waals surface area contributed by atoms with Crippen molar-refractivity contribution in [1.82, 2.24) is 5.43 Å². The second kappa shape index (κ2) is 3.90. The highest BCUT2D eigenvalue weighted by atomic mass is 32.1. The molecule has 0 aliphatic carbocycles. The summed E-state index contributed by atoms with van der Waals surface area (Å²) in [6, 6.07) is 9.20. The molecule has 0 saturated carbocycles. The van der Waals surface area contributed by atoms with Crippen LogP contribution >= 0.6 is 12.2 Å². The number of hydrazine groups is 1. The number of rotatable bonds is 1. The van der Waals surface area contributed by atoms with Gasteiger partial charge in [-0.15, -0.1) is 0 Å². The number of nitrogens with one attached hydrogen (secondary N) is 1. The zero-order valence-corrected chi connectivity index (χ0v) is 6.60. The molecule has 0 atom stereocenters. The summed E-state index contributed by atoms with van der Waals surface area (Å²) in [5, 5.41) is 0.163. The first-order valence-electron chi connectivity index (χ1n) is 3.06. The van der Waals surface area contributed by atoms with E-state index in [2.05, 4.69) is 17.6 Å². The maximum Gasteiger partial charge on any atom is 0.276 e. The summed E-state index contributed by atoms with van der Waals surface area (Å²) in [5.41, 5.74) is 2.22. The van der Waals surface area contributed by atoms with Gasteiger partial charge in [-0.3, -0.25) is 5.43 Å². The predicted molar refractivity (Wildman–Crippen MR) is 47.0 cm³/mol. The Bertz CT molecular complexity index is 237. The Morgan fingerprint density at radius 1 is 1.36 bits per heavy atom. The molecule has 0 saturated heterocycles. The van der Waals surface area contributed by atoms with Gasteiger partial charge in [-0.25, -0.2) is 5.84 Å². The van der Waals surface area contributed by atoms with Crippen LogP contribution in [-0.2, 0) is 0 Å². The Labute approximate surface area is 70.1 Å². The molecule has 0 aromatic heterocycles. The van der Waals surface area contributed by atoms with Gasteiger partial charge in [-0.05, 0) is 24.4 Å². The van der Waals surface area contributed by atoms with E-state index in [-0.39, 0.29) is 5.17 Å². The van der Waals surface area contributed by atoms with E-state index in [0.717, 1.165) is 0 Å². The fourth-order valence-corrected chi connectivity index (χ4v) is 0.721. The van der Waals surface area contributed by atoms with Gasteiger partial charge >= 0.3 is 0 Å². The minimum Gasteiger partial charge on any atom is -0.431 e. The van der Waals surface area contributed by atoms with Gasteiger partial charge in [0.1, 0.15) is 5.75 Å². The summed E-state index contributed by atoms with van der Waals surface area (Å²) in [6.07, 6.45) is 0. The molecular formula is C7H8N2OS. The Morgan fingerprint density at radius 2 is 2.00 bits per heavy atom. The SMILES string of the molecule is NNC(=S)Oc1ccccc1. The van der Waals surface area contributed by atoms with E-state index < -0.39 is 0 Å². The van der Waals surface area contributed by atoms with E-state index in [4.69, 9.17) is 10.6 Å². The average Bonchev–Trinajstić information content (AvgIpc) is 2.06. The van der Waals surface area contributed by atoms with Crippen LogP contribution < -0.4 is 16.0 Å². The monoisotopic (exact) mass is 168 g/mol. The van der Waals surface area contributed by atoms with Crippen LogP contribution in [-0.4, -0.2) is 5.17 Å². The Morgan fingerprint density at radius 3 is 2.55 bits per heavy atom. The number of hydrogen-bond acceptors (Lipinski definition) is 3. The summed E-state index contributed by atoms with van der Waals surface area (Å²) in [7, 11) is 0. The molecule has 3 N–H and O–H groups in total. The van der Waals surface area contributed by atoms with Gasteiger partial charge in [0, 0.05) is 0 Å². The van der Waals surface area contributed by atoms with E-state index >= 15 is 0 Å². The number of hydrogen-bond donors (Lipinski definition) is 2. The zero-order valence-electron chi connectivity index (χ0n) is 5.78. The minimum atomic E-state index is 0.163. The van der Waals surface area contributed by atoms with Gasteiger partial charge in [-0.2, -0.15) is 0 Å². The molecule has 0 heterocycles. The van der Waals surface area contributed by atoms with Crippen LogP contribution in [0.2, 0.25) is 0 Å². The van der Waals surface area contributed by atoms with Gasteiger partial charge in [0.05, 0.1) is 0 Å². The van der Waals surface area contributed by atoms with E-state index in [9.17, 15) is 0 Å². The second-order valence-corrected chi connectivity index (χ2v) is 2.22. The minimum absolute atomic E-state index is 0.163. The molecule has 1 aromatic rings. The lowest BCUT2D eigenvalue weighted by Gasteiger charge is -2.03. The van der Waals surface area contributed by atoms with Crippen molar-refractivity contribution < 1.29 is 4.74 Å². The van der Waals surface area contributed by atoms with Crippen molar-refractivity contribution >= 4 is 17.4 Å². The summed E-state index contributed by atoms with van der Waals surface area (Å²) in [4.78, 5) is 0. The van der Waals surface area contributed by atoms with Gasteiger partial charge < -0.3 is 4.74 Å². The molecule has 0 unspecified atom stereocenters. The fourth-order valence-electron chi connectivity index (χ4n) is 0.625. The third-order valence-corrected chi connectivity index (χ3v) is 1.27. The molecule has 0 aliphatic rings. The van der Waals surface area contributed by atoms with Crippen molar-refractivity contribution in [2.45, 2.75) is 0 Å². The van der Waals surface area contributed by atoms with Gasteiger partial charge in [0.2, 0.25) is 0 Å². The van der Waals surface area contributed by atoms with Crippen LogP contribution in [0.5, 0.6) is 5.75 Å². The number of thiocarbonyl (C=S) groups is 1. The number of nitrogens with two attached hydrogens (primary N) is 1. The zero-order chi connectivity index (χ0) is 8.10. The first-order chi connectivity index (χ1) is 5.33. The second-order valence-electron chi connectivity index (χ2n) is 1.85. The van der Waals surface area contributed by atoms with Crippen LogP contribution in [0.4, 0.5) is 0 Å². The summed E-state index contributed by atoms with van der Waals surface area (Å²) >= 11 is 4.68. The van der Waals surface area contributed by atoms with Crippen molar-refractivity contribution in [2.24, 2.45) is 5.84 Å². The van der Waals surface area contributed by atoms with E-state index in [1.165, 1.54) is 0 Å². The van der Waals surface area contributed by atoms with E-state index in [1.54, 1.807) is 12.1 Å². The molecule has 3 nitrogen and oxygen atoms in total.